The summed E-state index contributed by atoms with van der Waals surface area (Å²) in [4.78, 5) is 50.5. The van der Waals surface area contributed by atoms with Crippen LogP contribution >= 0.6 is 0 Å². The summed E-state index contributed by atoms with van der Waals surface area (Å²) >= 11 is 0. The second-order valence-electron chi connectivity index (χ2n) is 9.61. The van der Waals surface area contributed by atoms with E-state index < -0.39 is 78.1 Å². The van der Waals surface area contributed by atoms with Crippen molar-refractivity contribution >= 4 is 23.5 Å². The fourth-order valence-electron chi connectivity index (χ4n) is 5.05. The minimum Gasteiger partial charge on any atom is -0.376 e. The summed E-state index contributed by atoms with van der Waals surface area (Å²) in [6.45, 7) is 2.01. The number of aliphatic hydroxyl groups is 1. The Labute approximate surface area is 195 Å². The quantitative estimate of drug-likeness (QED) is 0.403. The van der Waals surface area contributed by atoms with Gasteiger partial charge in [0.1, 0.15) is 12.6 Å². The third kappa shape index (κ3) is 5.71. The Morgan fingerprint density at radius 2 is 1.86 bits per heavy atom. The first kappa shape index (κ1) is 27.2. The van der Waals surface area contributed by atoms with Crippen molar-refractivity contribution in [2.45, 2.75) is 57.4 Å². The standard InChI is InChI=1S/C20H25F6N3O6/c1-18(2)9-6-29(17(34)14(31)19(21,22)23)13(12(9)18)16(33)28-10(5-8-3-4-27-15(8)32)11(30)7-35-20(24,25)26/h8-10,12-14,31H,3-7H2,1-2H3,(H,27,32)(H,28,33)/t8-,9-,10-,12-,13-,14-/m0/s1. The van der Waals surface area contributed by atoms with E-state index in [-0.39, 0.29) is 31.8 Å². The number of halogens is 6. The van der Waals surface area contributed by atoms with E-state index in [4.69, 9.17) is 0 Å². The van der Waals surface area contributed by atoms with Crippen molar-refractivity contribution in [3.05, 3.63) is 0 Å². The summed E-state index contributed by atoms with van der Waals surface area (Å²) in [5, 5.41) is 14.1. The van der Waals surface area contributed by atoms with Crippen LogP contribution in [0.2, 0.25) is 0 Å². The highest BCUT2D eigenvalue weighted by atomic mass is 19.4. The lowest BCUT2D eigenvalue weighted by atomic mass is 9.94. The lowest BCUT2D eigenvalue weighted by Crippen LogP contribution is -2.57. The Bertz CT molecular complexity index is 892. The van der Waals surface area contributed by atoms with E-state index in [0.29, 0.717) is 4.90 Å². The summed E-state index contributed by atoms with van der Waals surface area (Å²) in [7, 11) is 0. The number of hydrogen-bond donors (Lipinski definition) is 3. The highest BCUT2D eigenvalue weighted by molar-refractivity contribution is 5.95. The maximum atomic E-state index is 13.1. The van der Waals surface area contributed by atoms with E-state index in [1.54, 1.807) is 13.8 Å². The van der Waals surface area contributed by atoms with Gasteiger partial charge in [-0.2, -0.15) is 13.2 Å². The minimum atomic E-state index is -5.27. The zero-order valence-corrected chi connectivity index (χ0v) is 18.7. The Hall–Kier alpha value is -2.42. The Morgan fingerprint density at radius 1 is 1.23 bits per heavy atom. The lowest BCUT2D eigenvalue weighted by molar-refractivity contribution is -0.321. The number of rotatable bonds is 8. The second-order valence-corrected chi connectivity index (χ2v) is 9.61. The molecule has 3 aliphatic rings. The van der Waals surface area contributed by atoms with Gasteiger partial charge in [-0.15, -0.1) is 13.2 Å². The number of Topliss-reactive ketones (excluding diaryl/α,β-unsaturated/α-hetero) is 1. The number of nitrogens with zero attached hydrogens (tertiary/aromatic N) is 1. The number of aliphatic hydroxyl groups excluding tert-OH is 1. The molecule has 0 aromatic heterocycles. The maximum Gasteiger partial charge on any atom is 0.522 e. The normalized spacial score (nSPS) is 29.3. The molecule has 0 radical (unpaired) electrons. The van der Waals surface area contributed by atoms with Crippen molar-refractivity contribution < 1.29 is 55.4 Å². The summed E-state index contributed by atoms with van der Waals surface area (Å²) < 4.78 is 79.6. The molecule has 0 bridgehead atoms. The van der Waals surface area contributed by atoms with Crippen LogP contribution in [-0.4, -0.2) is 83.9 Å². The summed E-state index contributed by atoms with van der Waals surface area (Å²) in [6.07, 6.45) is -13.9. The van der Waals surface area contributed by atoms with Gasteiger partial charge >= 0.3 is 12.5 Å². The highest BCUT2D eigenvalue weighted by Gasteiger charge is 2.70. The molecule has 0 unspecified atom stereocenters. The lowest BCUT2D eigenvalue weighted by Gasteiger charge is -2.33. The molecule has 2 aliphatic heterocycles. The van der Waals surface area contributed by atoms with Crippen LogP contribution in [0, 0.1) is 23.2 Å². The van der Waals surface area contributed by atoms with Crippen molar-refractivity contribution in [3.63, 3.8) is 0 Å². The van der Waals surface area contributed by atoms with Gasteiger partial charge < -0.3 is 20.6 Å². The van der Waals surface area contributed by atoms with Crippen LogP contribution in [0.25, 0.3) is 0 Å². The van der Waals surface area contributed by atoms with Gasteiger partial charge in [-0.25, -0.2) is 0 Å². The van der Waals surface area contributed by atoms with Crippen molar-refractivity contribution in [2.75, 3.05) is 19.7 Å². The number of likely N-dealkylation sites (tertiary alicyclic amines) is 1. The number of fused-ring (bicyclic) bond motifs is 1. The molecule has 0 aromatic carbocycles. The number of ketones is 1. The molecule has 35 heavy (non-hydrogen) atoms. The zero-order chi connectivity index (χ0) is 26.5. The Balaban J connectivity index is 1.80. The van der Waals surface area contributed by atoms with Gasteiger partial charge in [0.25, 0.3) is 5.91 Å². The van der Waals surface area contributed by atoms with Crippen molar-refractivity contribution in [1.29, 1.82) is 0 Å². The van der Waals surface area contributed by atoms with E-state index in [0.717, 1.165) is 0 Å². The molecule has 1 saturated carbocycles. The molecule has 0 spiro atoms. The van der Waals surface area contributed by atoms with Crippen molar-refractivity contribution in [2.24, 2.45) is 23.2 Å². The van der Waals surface area contributed by atoms with Crippen LogP contribution in [0.15, 0.2) is 0 Å². The predicted molar refractivity (Wildman–Crippen MR) is 103 cm³/mol. The number of ether oxygens (including phenoxy) is 1. The van der Waals surface area contributed by atoms with E-state index in [2.05, 4.69) is 15.4 Å². The van der Waals surface area contributed by atoms with Gasteiger partial charge in [0.05, 0.1) is 6.04 Å². The van der Waals surface area contributed by atoms with Crippen LogP contribution in [0.4, 0.5) is 26.3 Å². The third-order valence-corrected chi connectivity index (χ3v) is 7.07. The summed E-state index contributed by atoms with van der Waals surface area (Å²) in [6, 6.07) is -3.11. The second kappa shape index (κ2) is 9.22. The topological polar surface area (TPSA) is 125 Å². The Morgan fingerprint density at radius 3 is 2.37 bits per heavy atom. The first-order chi connectivity index (χ1) is 15.9. The molecule has 3 N–H and O–H groups in total. The number of carbonyl (C=O) groups excluding carboxylic acids is 4. The number of alkyl halides is 6. The molecule has 9 nitrogen and oxygen atoms in total. The van der Waals surface area contributed by atoms with Gasteiger partial charge in [0, 0.05) is 19.0 Å². The number of piperidine rings is 1. The van der Waals surface area contributed by atoms with Crippen LogP contribution in [0.3, 0.4) is 0 Å². The molecule has 2 saturated heterocycles. The predicted octanol–water partition coefficient (Wildman–Crippen LogP) is 0.509. The smallest absolute Gasteiger partial charge is 0.376 e. The maximum absolute atomic E-state index is 13.1. The third-order valence-electron chi connectivity index (χ3n) is 7.07. The van der Waals surface area contributed by atoms with Crippen molar-refractivity contribution in [3.8, 4) is 0 Å². The van der Waals surface area contributed by atoms with Crippen LogP contribution in [0.1, 0.15) is 26.7 Å². The number of nitrogens with one attached hydrogen (secondary N) is 2. The first-order valence-electron chi connectivity index (χ1n) is 10.8. The molecule has 1 aliphatic carbocycles. The molecule has 3 rings (SSSR count). The average molecular weight is 517 g/mol. The monoisotopic (exact) mass is 517 g/mol. The van der Waals surface area contributed by atoms with Gasteiger partial charge in [0.15, 0.2) is 5.78 Å². The molecule has 15 heteroatoms. The van der Waals surface area contributed by atoms with Crippen LogP contribution in [-0.2, 0) is 23.9 Å². The molecule has 0 aromatic rings. The van der Waals surface area contributed by atoms with Crippen LogP contribution < -0.4 is 10.6 Å². The molecule has 2 heterocycles. The van der Waals surface area contributed by atoms with E-state index in [1.807, 2.05) is 0 Å². The molecular formula is C20H25F6N3O6. The largest absolute Gasteiger partial charge is 0.522 e. The highest BCUT2D eigenvalue weighted by Crippen LogP contribution is 2.65. The zero-order valence-electron chi connectivity index (χ0n) is 18.7. The van der Waals surface area contributed by atoms with Crippen molar-refractivity contribution in [1.82, 2.24) is 15.5 Å². The fourth-order valence-corrected chi connectivity index (χ4v) is 5.05. The molecular weight excluding hydrogens is 492 g/mol. The van der Waals surface area contributed by atoms with Gasteiger partial charge in [-0.1, -0.05) is 13.8 Å². The van der Waals surface area contributed by atoms with Crippen LogP contribution in [0.5, 0.6) is 0 Å². The molecule has 3 fully saturated rings. The first-order valence-corrected chi connectivity index (χ1v) is 10.8. The van der Waals surface area contributed by atoms with E-state index >= 15 is 0 Å². The number of amides is 3. The SMILES string of the molecule is CC1(C)[C@@H]2[C@@H](C(=O)N[C@@H](C[C@@H]3CCNC3=O)C(=O)COC(F)(F)F)N(C(=O)[C@H](O)C(F)(F)F)C[C@@H]21. The van der Waals surface area contributed by atoms with Gasteiger partial charge in [-0.3, -0.25) is 23.9 Å². The number of carbonyl (C=O) groups is 4. The van der Waals surface area contributed by atoms with Gasteiger partial charge in [-0.05, 0) is 30.1 Å². The summed E-state index contributed by atoms with van der Waals surface area (Å²) in [5.74, 6) is -6.21. The fraction of sp³-hybridized carbons (Fsp3) is 0.800. The number of hydrogen-bond acceptors (Lipinski definition) is 6. The molecule has 198 valence electrons. The van der Waals surface area contributed by atoms with E-state index in [1.165, 1.54) is 0 Å². The van der Waals surface area contributed by atoms with E-state index in [9.17, 15) is 50.6 Å². The Kier molecular flexibility index (Phi) is 7.16. The van der Waals surface area contributed by atoms with Gasteiger partial charge in [0.2, 0.25) is 17.9 Å². The summed E-state index contributed by atoms with van der Waals surface area (Å²) in [5.41, 5.74) is -0.536. The molecule has 3 amide bonds. The minimum absolute atomic E-state index is 0.247. The molecule has 6 atom stereocenters. The average Bonchev–Trinajstić information content (AvgIpc) is 3.10.